The van der Waals surface area contributed by atoms with E-state index < -0.39 is 51.1 Å². The summed E-state index contributed by atoms with van der Waals surface area (Å²) in [5.41, 5.74) is 5.34. The van der Waals surface area contributed by atoms with Gasteiger partial charge in [0.2, 0.25) is 0 Å². The lowest BCUT2D eigenvalue weighted by atomic mass is 10.0. The number of ether oxygens (including phenoxy) is 2. The average molecular weight is 832 g/mol. The Labute approximate surface area is 348 Å². The minimum absolute atomic E-state index is 0.136. The number of phosphoric ester groups is 1. The van der Waals surface area contributed by atoms with Crippen LogP contribution in [0.4, 0.5) is 0 Å². The van der Waals surface area contributed by atoms with Crippen molar-refractivity contribution in [1.82, 2.24) is 0 Å². The van der Waals surface area contributed by atoms with Crippen LogP contribution in [-0.2, 0) is 37.5 Å². The number of carboxylic acid groups (broad SMARTS) is 1. The number of hydrogen-bond donors (Lipinski definition) is 3. The van der Waals surface area contributed by atoms with Crippen LogP contribution >= 0.6 is 7.82 Å². The molecule has 3 atom stereocenters. The molecule has 0 aliphatic rings. The number of allylic oxidation sites excluding steroid dienone is 2. The molecule has 0 bridgehead atoms. The Morgan fingerprint density at radius 2 is 0.877 bits per heavy atom. The van der Waals surface area contributed by atoms with Crippen molar-refractivity contribution >= 4 is 25.7 Å². The first-order chi connectivity index (χ1) is 27.6. The zero-order valence-electron chi connectivity index (χ0n) is 36.5. The topological polar surface area (TPSA) is 172 Å². The maximum Gasteiger partial charge on any atom is 0.472 e. The van der Waals surface area contributed by atoms with Crippen LogP contribution in [0.3, 0.4) is 0 Å². The molecule has 0 aromatic carbocycles. The molecule has 57 heavy (non-hydrogen) atoms. The van der Waals surface area contributed by atoms with Gasteiger partial charge in [0.1, 0.15) is 12.6 Å². The number of esters is 2. The largest absolute Gasteiger partial charge is 0.480 e. The number of phosphoric acid groups is 1. The number of rotatable bonds is 44. The van der Waals surface area contributed by atoms with Gasteiger partial charge in [-0.25, -0.2) is 4.57 Å². The molecule has 12 heteroatoms. The zero-order valence-corrected chi connectivity index (χ0v) is 37.3. The molecule has 0 aliphatic carbocycles. The molecule has 0 spiro atoms. The van der Waals surface area contributed by atoms with Gasteiger partial charge in [0.25, 0.3) is 0 Å². The maximum atomic E-state index is 12.6. The second kappa shape index (κ2) is 41.0. The number of unbranched alkanes of at least 4 members (excludes halogenated alkanes) is 28. The Hall–Kier alpha value is -1.78. The summed E-state index contributed by atoms with van der Waals surface area (Å²) in [5.74, 6) is -2.39. The van der Waals surface area contributed by atoms with E-state index in [1.165, 1.54) is 148 Å². The van der Waals surface area contributed by atoms with Crippen LogP contribution in [0.25, 0.3) is 0 Å². The highest BCUT2D eigenvalue weighted by Gasteiger charge is 2.28. The van der Waals surface area contributed by atoms with Gasteiger partial charge < -0.3 is 25.2 Å². The molecule has 0 radical (unpaired) electrons. The van der Waals surface area contributed by atoms with Crippen LogP contribution in [-0.4, -0.2) is 59.9 Å². The van der Waals surface area contributed by atoms with Crippen molar-refractivity contribution < 1.29 is 47.5 Å². The maximum absolute atomic E-state index is 12.6. The van der Waals surface area contributed by atoms with Crippen molar-refractivity contribution in [2.75, 3.05) is 19.8 Å². The van der Waals surface area contributed by atoms with E-state index in [2.05, 4.69) is 30.5 Å². The molecule has 0 aromatic heterocycles. The fraction of sp³-hybridized carbons (Fsp3) is 0.889. The summed E-state index contributed by atoms with van der Waals surface area (Å²) in [5, 5.41) is 8.89. The molecular formula is C45H86NO10P. The van der Waals surface area contributed by atoms with E-state index in [0.717, 1.165) is 38.5 Å². The van der Waals surface area contributed by atoms with E-state index in [-0.39, 0.29) is 19.4 Å². The van der Waals surface area contributed by atoms with Crippen molar-refractivity contribution in [3.63, 3.8) is 0 Å². The van der Waals surface area contributed by atoms with Crippen molar-refractivity contribution in [3.8, 4) is 0 Å². The molecule has 0 heterocycles. The minimum Gasteiger partial charge on any atom is -0.480 e. The summed E-state index contributed by atoms with van der Waals surface area (Å²) in [7, 11) is -4.72. The molecule has 0 fully saturated rings. The monoisotopic (exact) mass is 832 g/mol. The lowest BCUT2D eigenvalue weighted by Gasteiger charge is -2.20. The van der Waals surface area contributed by atoms with Crippen molar-refractivity contribution in [2.45, 2.75) is 238 Å². The van der Waals surface area contributed by atoms with Crippen LogP contribution in [0.1, 0.15) is 226 Å². The molecule has 336 valence electrons. The van der Waals surface area contributed by atoms with Crippen LogP contribution in [0.5, 0.6) is 0 Å². The Bertz CT molecular complexity index is 1030. The van der Waals surface area contributed by atoms with Gasteiger partial charge in [-0.15, -0.1) is 0 Å². The standard InChI is InChI=1S/C45H86NO10P/c1-3-5-7-9-11-13-15-17-19-20-21-23-24-26-28-30-32-34-36-43(47)53-38-41(39-54-57(51,52)55-40-42(46)45(49)50)56-44(48)37-35-33-31-29-27-25-22-18-16-14-12-10-8-6-4-2/h27,29,41-42H,3-26,28,30-40,46H2,1-2H3,(H,49,50)(H,51,52)/b29-27+/t41-,42+/m1/s1. The fourth-order valence-electron chi connectivity index (χ4n) is 6.59. The lowest BCUT2D eigenvalue weighted by molar-refractivity contribution is -0.161. The summed E-state index contributed by atoms with van der Waals surface area (Å²) in [4.78, 5) is 46.0. The third-order valence-corrected chi connectivity index (χ3v) is 11.2. The summed E-state index contributed by atoms with van der Waals surface area (Å²) in [6, 6.07) is -1.52. The van der Waals surface area contributed by atoms with Gasteiger partial charge >= 0.3 is 25.7 Å². The van der Waals surface area contributed by atoms with Crippen LogP contribution in [0.15, 0.2) is 12.2 Å². The molecule has 1 unspecified atom stereocenters. The quantitative estimate of drug-likeness (QED) is 0.0231. The predicted octanol–water partition coefficient (Wildman–Crippen LogP) is 12.5. The molecular weight excluding hydrogens is 745 g/mol. The normalized spacial score (nSPS) is 13.8. The van der Waals surface area contributed by atoms with E-state index in [1.807, 2.05) is 0 Å². The average Bonchev–Trinajstić information content (AvgIpc) is 3.19. The second-order valence-electron chi connectivity index (χ2n) is 15.9. The lowest BCUT2D eigenvalue weighted by Crippen LogP contribution is -2.34. The third kappa shape index (κ3) is 40.8. The Morgan fingerprint density at radius 1 is 0.526 bits per heavy atom. The molecule has 11 nitrogen and oxygen atoms in total. The molecule has 0 aliphatic heterocycles. The number of aliphatic carboxylic acids is 1. The van der Waals surface area contributed by atoms with E-state index in [1.54, 1.807) is 0 Å². The Kier molecular flexibility index (Phi) is 39.7. The number of carboxylic acids is 1. The van der Waals surface area contributed by atoms with E-state index in [0.29, 0.717) is 12.8 Å². The highest BCUT2D eigenvalue weighted by Crippen LogP contribution is 2.43. The molecule has 0 amide bonds. The van der Waals surface area contributed by atoms with Gasteiger partial charge in [-0.2, -0.15) is 0 Å². The van der Waals surface area contributed by atoms with Gasteiger partial charge in [0.05, 0.1) is 13.2 Å². The number of carbonyl (C=O) groups excluding carboxylic acids is 2. The molecule has 0 saturated carbocycles. The van der Waals surface area contributed by atoms with Gasteiger partial charge in [-0.05, 0) is 38.5 Å². The predicted molar refractivity (Wildman–Crippen MR) is 231 cm³/mol. The fourth-order valence-corrected chi connectivity index (χ4v) is 7.37. The van der Waals surface area contributed by atoms with Gasteiger partial charge in [-0.3, -0.25) is 23.4 Å². The minimum atomic E-state index is -4.72. The van der Waals surface area contributed by atoms with Gasteiger partial charge in [0.15, 0.2) is 6.10 Å². The van der Waals surface area contributed by atoms with Crippen LogP contribution in [0, 0.1) is 0 Å². The highest BCUT2D eigenvalue weighted by atomic mass is 31.2. The number of hydrogen-bond acceptors (Lipinski definition) is 9. The molecule has 0 rings (SSSR count). The molecule has 0 saturated heterocycles. The first-order valence-electron chi connectivity index (χ1n) is 23.2. The Morgan fingerprint density at radius 3 is 1.32 bits per heavy atom. The second-order valence-corrected chi connectivity index (χ2v) is 17.3. The Balaban J connectivity index is 4.30. The van der Waals surface area contributed by atoms with Gasteiger partial charge in [0, 0.05) is 12.8 Å². The summed E-state index contributed by atoms with van der Waals surface area (Å²) in [6.07, 6.45) is 41.3. The highest BCUT2D eigenvalue weighted by molar-refractivity contribution is 7.47. The van der Waals surface area contributed by atoms with Crippen molar-refractivity contribution in [1.29, 1.82) is 0 Å². The summed E-state index contributed by atoms with van der Waals surface area (Å²) < 4.78 is 32.7. The molecule has 0 aromatic rings. The van der Waals surface area contributed by atoms with Crippen molar-refractivity contribution in [3.05, 3.63) is 12.2 Å². The first kappa shape index (κ1) is 55.2. The van der Waals surface area contributed by atoms with Crippen LogP contribution < -0.4 is 5.73 Å². The molecule has 4 N–H and O–H groups in total. The smallest absolute Gasteiger partial charge is 0.472 e. The van der Waals surface area contributed by atoms with Crippen molar-refractivity contribution in [2.24, 2.45) is 5.73 Å². The van der Waals surface area contributed by atoms with Crippen LogP contribution in [0.2, 0.25) is 0 Å². The summed E-state index contributed by atoms with van der Waals surface area (Å²) in [6.45, 7) is 2.82. The number of nitrogens with two attached hydrogens (primary N) is 1. The zero-order chi connectivity index (χ0) is 42.1. The van der Waals surface area contributed by atoms with E-state index in [4.69, 9.17) is 24.8 Å². The number of carbonyl (C=O) groups is 3. The van der Waals surface area contributed by atoms with E-state index in [9.17, 15) is 23.8 Å². The first-order valence-corrected chi connectivity index (χ1v) is 24.7. The third-order valence-electron chi connectivity index (χ3n) is 10.3. The summed E-state index contributed by atoms with van der Waals surface area (Å²) >= 11 is 0. The van der Waals surface area contributed by atoms with Gasteiger partial charge in [-0.1, -0.05) is 187 Å². The van der Waals surface area contributed by atoms with E-state index >= 15 is 0 Å². The SMILES string of the molecule is CCCCCCCCCCC/C=C/CCCCC(=O)O[C@H](COC(=O)CCCCCCCCCCCCCCCCCCCC)COP(=O)(O)OC[C@H](N)C(=O)O.